The van der Waals surface area contributed by atoms with Crippen LogP contribution in [0.4, 0.5) is 0 Å². The molecule has 3 fully saturated rings. The molecule has 0 aliphatic heterocycles. The van der Waals surface area contributed by atoms with Gasteiger partial charge in [0.05, 0.1) is 12.5 Å². The number of esters is 2. The van der Waals surface area contributed by atoms with Gasteiger partial charge < -0.3 is 19.1 Å². The largest absolute Gasteiger partial charge is 0.462 e. The first-order chi connectivity index (χ1) is 24.4. The molecule has 2 radical (unpaired) electrons. The van der Waals surface area contributed by atoms with Gasteiger partial charge in [-0.3, -0.25) is 9.59 Å². The summed E-state index contributed by atoms with van der Waals surface area (Å²) in [6, 6.07) is 0. The van der Waals surface area contributed by atoms with E-state index < -0.39 is 6.10 Å². The molecule has 0 aromatic carbocycles. The maximum Gasteiger partial charge on any atom is 0.309 e. The minimum absolute atomic E-state index is 0.0737. The topological polar surface area (TPSA) is 65.1 Å². The number of fused-ring (bicyclic) bond motifs is 5. The zero-order valence-electron chi connectivity index (χ0n) is 33.8. The molecule has 6 heteroatoms. The lowest BCUT2D eigenvalue weighted by Gasteiger charge is -2.58. The molecule has 0 N–H and O–H groups in total. The van der Waals surface area contributed by atoms with Gasteiger partial charge in [-0.2, -0.15) is 0 Å². The van der Waals surface area contributed by atoms with Crippen molar-refractivity contribution >= 4 is 11.9 Å². The predicted molar refractivity (Wildman–Crippen MR) is 208 cm³/mol. The van der Waals surface area contributed by atoms with Gasteiger partial charge >= 0.3 is 11.9 Å². The fraction of sp³-hybridized carbons (Fsp3) is 0.844. The van der Waals surface area contributed by atoms with Crippen molar-refractivity contribution in [3.63, 3.8) is 0 Å². The lowest BCUT2D eigenvalue weighted by Crippen LogP contribution is -2.51. The highest BCUT2D eigenvalue weighted by Crippen LogP contribution is 2.67. The van der Waals surface area contributed by atoms with E-state index in [1.165, 1.54) is 70.3 Å². The van der Waals surface area contributed by atoms with E-state index in [4.69, 9.17) is 21.1 Å². The Labute approximate surface area is 313 Å². The molecule has 0 saturated heterocycles. The van der Waals surface area contributed by atoms with Crippen molar-refractivity contribution in [2.75, 3.05) is 33.9 Å². The Morgan fingerprint density at radius 3 is 2.49 bits per heavy atom. The standard InChI is InChI=1S/C45H75NO5/c1-9-10-29-50-43(48)32-37(51-42(47)19-15-28-46(7)8)18-12-11-13-30-49-36-24-26-44(5)35(31-36)20-21-38-40-23-22-39(34(4)17-14-16-33(2)3)45(40,6)27-25-41(38)44/h1,9-10,20,33-34,36-41H,11-19,21-32H2,2-8H3/b10-9+/t34-,36+,37?,38?,39-,40?,41?,44+,45-/m1/s1. The van der Waals surface area contributed by atoms with Gasteiger partial charge in [-0.05, 0) is 151 Å². The van der Waals surface area contributed by atoms with E-state index >= 15 is 0 Å². The second kappa shape index (κ2) is 20.1. The number of nitrogens with zero attached hydrogens (tertiary/aromatic N) is 1. The van der Waals surface area contributed by atoms with Crippen molar-refractivity contribution in [3.05, 3.63) is 30.7 Å². The number of unbranched alkanes of at least 4 members (excludes halogenated alkanes) is 2. The zero-order chi connectivity index (χ0) is 37.0. The van der Waals surface area contributed by atoms with E-state index in [9.17, 15) is 9.59 Å². The van der Waals surface area contributed by atoms with Crippen LogP contribution in [0.1, 0.15) is 150 Å². The van der Waals surface area contributed by atoms with E-state index in [0.29, 0.717) is 29.8 Å². The van der Waals surface area contributed by atoms with E-state index in [1.54, 1.807) is 11.6 Å². The van der Waals surface area contributed by atoms with Crippen LogP contribution in [0.25, 0.3) is 0 Å². The number of ether oxygens (including phenoxy) is 3. The SMILES string of the molecule is [CH]/C=C/COC(=O)CC(CCCCCO[C@H]1CC[C@@]2(C)C(=CCC3C2CC[C@@]2(C)C3CC[C@@H]2[C@H](C)CCCC(C)C)C1)OC(=O)CCCN(C)C. The molecule has 9 atom stereocenters. The van der Waals surface area contributed by atoms with Crippen molar-refractivity contribution in [3.8, 4) is 0 Å². The second-order valence-corrected chi connectivity index (χ2v) is 18.2. The lowest BCUT2D eigenvalue weighted by molar-refractivity contribution is -0.155. The summed E-state index contributed by atoms with van der Waals surface area (Å²) < 4.78 is 17.5. The molecular weight excluding hydrogens is 634 g/mol. The maximum absolute atomic E-state index is 12.5. The van der Waals surface area contributed by atoms with Gasteiger partial charge in [-0.15, -0.1) is 0 Å². The van der Waals surface area contributed by atoms with E-state index in [-0.39, 0.29) is 25.0 Å². The molecular formula is C45H75NO5. The van der Waals surface area contributed by atoms with Crippen LogP contribution < -0.4 is 0 Å². The third kappa shape index (κ3) is 11.7. The summed E-state index contributed by atoms with van der Waals surface area (Å²) in [5.41, 5.74) is 2.59. The third-order valence-electron chi connectivity index (χ3n) is 13.9. The summed E-state index contributed by atoms with van der Waals surface area (Å²) in [5, 5.41) is 0. The average Bonchev–Trinajstić information content (AvgIpc) is 3.43. The van der Waals surface area contributed by atoms with Crippen LogP contribution in [0.2, 0.25) is 0 Å². The van der Waals surface area contributed by atoms with Gasteiger partial charge in [0, 0.05) is 13.0 Å². The number of carbonyl (C=O) groups excluding carboxylic acids is 2. The first-order valence-corrected chi connectivity index (χ1v) is 21.0. The highest BCUT2D eigenvalue weighted by Gasteiger charge is 2.59. The Hall–Kier alpha value is -1.66. The Morgan fingerprint density at radius 2 is 1.75 bits per heavy atom. The number of hydrogen-bond acceptors (Lipinski definition) is 6. The zero-order valence-corrected chi connectivity index (χ0v) is 33.8. The quantitative estimate of drug-likeness (QED) is 0.0672. The van der Waals surface area contributed by atoms with Gasteiger partial charge in [-0.25, -0.2) is 0 Å². The number of carbonyl (C=O) groups is 2. The Morgan fingerprint density at radius 1 is 0.941 bits per heavy atom. The fourth-order valence-corrected chi connectivity index (χ4v) is 11.1. The first-order valence-electron chi connectivity index (χ1n) is 21.0. The Bertz CT molecular complexity index is 1150. The molecule has 4 rings (SSSR count). The summed E-state index contributed by atoms with van der Waals surface area (Å²) in [6.07, 6.45) is 24.9. The lowest BCUT2D eigenvalue weighted by atomic mass is 9.47. The highest BCUT2D eigenvalue weighted by atomic mass is 16.6. The molecule has 0 aromatic rings. The van der Waals surface area contributed by atoms with Gasteiger partial charge in [0.15, 0.2) is 0 Å². The van der Waals surface area contributed by atoms with Gasteiger partial charge in [0.1, 0.15) is 12.7 Å². The average molecular weight is 710 g/mol. The van der Waals surface area contributed by atoms with Crippen molar-refractivity contribution < 1.29 is 23.8 Å². The van der Waals surface area contributed by atoms with E-state index in [2.05, 4.69) is 45.6 Å². The molecule has 3 saturated carbocycles. The molecule has 0 heterocycles. The smallest absolute Gasteiger partial charge is 0.309 e. The molecule has 4 unspecified atom stereocenters. The summed E-state index contributed by atoms with van der Waals surface area (Å²) >= 11 is 0. The number of allylic oxidation sites excluding steroid dienone is 2. The summed E-state index contributed by atoms with van der Waals surface area (Å²) in [4.78, 5) is 26.9. The normalized spacial score (nSPS) is 31.6. The van der Waals surface area contributed by atoms with Crippen LogP contribution in [-0.2, 0) is 23.8 Å². The van der Waals surface area contributed by atoms with Crippen molar-refractivity contribution in [2.45, 2.75) is 162 Å². The number of hydrogen-bond donors (Lipinski definition) is 0. The van der Waals surface area contributed by atoms with Crippen LogP contribution in [0.5, 0.6) is 0 Å². The molecule has 0 bridgehead atoms. The summed E-state index contributed by atoms with van der Waals surface area (Å²) in [7, 11) is 3.98. The molecule has 290 valence electrons. The maximum atomic E-state index is 12.5. The fourth-order valence-electron chi connectivity index (χ4n) is 11.1. The monoisotopic (exact) mass is 710 g/mol. The Balaban J connectivity index is 1.21. The van der Waals surface area contributed by atoms with Crippen LogP contribution in [0, 0.1) is 53.3 Å². The second-order valence-electron chi connectivity index (χ2n) is 18.2. The van der Waals surface area contributed by atoms with Gasteiger partial charge in [0.25, 0.3) is 0 Å². The number of rotatable bonds is 21. The molecule has 0 spiro atoms. The highest BCUT2D eigenvalue weighted by molar-refractivity contribution is 5.72. The molecule has 0 amide bonds. The molecule has 4 aliphatic rings. The van der Waals surface area contributed by atoms with E-state index in [0.717, 1.165) is 80.8 Å². The summed E-state index contributed by atoms with van der Waals surface area (Å²) in [6.45, 7) is 19.7. The minimum atomic E-state index is -0.462. The van der Waals surface area contributed by atoms with Gasteiger partial charge in [-0.1, -0.05) is 84.1 Å². The Kier molecular flexibility index (Phi) is 16.6. The van der Waals surface area contributed by atoms with Crippen LogP contribution in [0.15, 0.2) is 23.8 Å². The molecule has 6 nitrogen and oxygen atoms in total. The minimum Gasteiger partial charge on any atom is -0.462 e. The predicted octanol–water partition coefficient (Wildman–Crippen LogP) is 10.4. The molecule has 51 heavy (non-hydrogen) atoms. The van der Waals surface area contributed by atoms with E-state index in [1.807, 2.05) is 14.1 Å². The van der Waals surface area contributed by atoms with Crippen LogP contribution >= 0.6 is 0 Å². The van der Waals surface area contributed by atoms with Crippen molar-refractivity contribution in [1.29, 1.82) is 0 Å². The van der Waals surface area contributed by atoms with Gasteiger partial charge in [0.2, 0.25) is 0 Å². The van der Waals surface area contributed by atoms with Crippen molar-refractivity contribution in [1.82, 2.24) is 4.90 Å². The summed E-state index contributed by atoms with van der Waals surface area (Å²) in [5.74, 6) is 4.61. The van der Waals surface area contributed by atoms with Crippen LogP contribution in [-0.4, -0.2) is 62.9 Å². The van der Waals surface area contributed by atoms with Crippen LogP contribution in [0.3, 0.4) is 0 Å². The third-order valence-corrected chi connectivity index (χ3v) is 13.9. The molecule has 4 aliphatic carbocycles. The first kappa shape index (κ1) is 42.1. The molecule has 0 aromatic heterocycles. The van der Waals surface area contributed by atoms with Crippen molar-refractivity contribution in [2.24, 2.45) is 46.3 Å².